The Morgan fingerprint density at radius 3 is 2.89 bits per heavy atom. The molecule has 104 valence electrons. The first-order chi connectivity index (χ1) is 9.09. The van der Waals surface area contributed by atoms with Gasteiger partial charge in [0, 0.05) is 12.6 Å². The maximum atomic E-state index is 13.3. The van der Waals surface area contributed by atoms with Gasteiger partial charge in [-0.15, -0.1) is 0 Å². The van der Waals surface area contributed by atoms with Crippen LogP contribution >= 0.6 is 0 Å². The standard InChI is InChI=1S/C14H18FNO3/c1-10-11(14(17)18)6-7-16(10)8-9-19-13-5-3-2-4-12(13)15/h2-5,10-11H,6-9H2,1H3,(H,17,18). The maximum Gasteiger partial charge on any atom is 0.308 e. The van der Waals surface area contributed by atoms with Gasteiger partial charge in [0.25, 0.3) is 0 Å². The minimum absolute atomic E-state index is 0.00159. The summed E-state index contributed by atoms with van der Waals surface area (Å²) in [5.74, 6) is -1.19. The number of carbonyl (C=O) groups is 1. The van der Waals surface area contributed by atoms with Gasteiger partial charge in [-0.25, -0.2) is 4.39 Å². The zero-order valence-corrected chi connectivity index (χ0v) is 10.9. The number of aliphatic carboxylic acids is 1. The van der Waals surface area contributed by atoms with Gasteiger partial charge < -0.3 is 9.84 Å². The highest BCUT2D eigenvalue weighted by Gasteiger charge is 2.35. The second kappa shape index (κ2) is 6.02. The third-order valence-corrected chi connectivity index (χ3v) is 3.68. The van der Waals surface area contributed by atoms with Gasteiger partial charge in [-0.1, -0.05) is 12.1 Å². The fourth-order valence-corrected chi connectivity index (χ4v) is 2.48. The van der Waals surface area contributed by atoms with E-state index in [4.69, 9.17) is 9.84 Å². The van der Waals surface area contributed by atoms with Crippen LogP contribution in [0.3, 0.4) is 0 Å². The Morgan fingerprint density at radius 2 is 2.26 bits per heavy atom. The molecule has 0 amide bonds. The number of likely N-dealkylation sites (tertiary alicyclic amines) is 1. The Kier molecular flexibility index (Phi) is 4.37. The molecule has 0 saturated carbocycles. The molecule has 2 unspecified atom stereocenters. The van der Waals surface area contributed by atoms with Crippen LogP contribution in [-0.2, 0) is 4.79 Å². The first kappa shape index (κ1) is 13.8. The predicted molar refractivity (Wildman–Crippen MR) is 68.7 cm³/mol. The Labute approximate surface area is 111 Å². The van der Waals surface area contributed by atoms with E-state index < -0.39 is 5.97 Å². The molecule has 1 aromatic carbocycles. The molecule has 0 spiro atoms. The minimum atomic E-state index is -0.745. The molecular weight excluding hydrogens is 249 g/mol. The van der Waals surface area contributed by atoms with Crippen molar-refractivity contribution in [3.63, 3.8) is 0 Å². The lowest BCUT2D eigenvalue weighted by atomic mass is 10.0. The second-order valence-corrected chi connectivity index (χ2v) is 4.79. The van der Waals surface area contributed by atoms with Gasteiger partial charge in [0.05, 0.1) is 5.92 Å². The smallest absolute Gasteiger partial charge is 0.308 e. The molecule has 2 rings (SSSR count). The van der Waals surface area contributed by atoms with Crippen LogP contribution in [0.5, 0.6) is 5.75 Å². The van der Waals surface area contributed by atoms with Crippen molar-refractivity contribution in [2.45, 2.75) is 19.4 Å². The van der Waals surface area contributed by atoms with Crippen molar-refractivity contribution in [1.82, 2.24) is 4.90 Å². The number of halogens is 1. The Hall–Kier alpha value is -1.62. The topological polar surface area (TPSA) is 49.8 Å². The maximum absolute atomic E-state index is 13.3. The van der Waals surface area contributed by atoms with Gasteiger partial charge >= 0.3 is 5.97 Å². The van der Waals surface area contributed by atoms with Crippen molar-refractivity contribution >= 4 is 5.97 Å². The van der Waals surface area contributed by atoms with E-state index in [0.717, 1.165) is 6.54 Å². The van der Waals surface area contributed by atoms with Crippen LogP contribution in [0.15, 0.2) is 24.3 Å². The number of ether oxygens (including phenoxy) is 1. The number of nitrogens with zero attached hydrogens (tertiary/aromatic N) is 1. The lowest BCUT2D eigenvalue weighted by molar-refractivity contribution is -0.142. The van der Waals surface area contributed by atoms with Crippen LogP contribution < -0.4 is 4.74 Å². The average molecular weight is 267 g/mol. The first-order valence-electron chi connectivity index (χ1n) is 6.44. The zero-order chi connectivity index (χ0) is 13.8. The average Bonchev–Trinajstić information content (AvgIpc) is 2.74. The monoisotopic (exact) mass is 267 g/mol. The summed E-state index contributed by atoms with van der Waals surface area (Å²) in [6.45, 7) is 3.63. The molecule has 0 aliphatic carbocycles. The van der Waals surface area contributed by atoms with Crippen molar-refractivity contribution in [3.8, 4) is 5.75 Å². The fourth-order valence-electron chi connectivity index (χ4n) is 2.48. The number of carboxylic acids is 1. The van der Waals surface area contributed by atoms with Crippen LogP contribution in [0.1, 0.15) is 13.3 Å². The van der Waals surface area contributed by atoms with Crippen molar-refractivity contribution in [2.75, 3.05) is 19.7 Å². The molecular formula is C14H18FNO3. The lowest BCUT2D eigenvalue weighted by Crippen LogP contribution is -2.35. The Balaban J connectivity index is 1.81. The second-order valence-electron chi connectivity index (χ2n) is 4.79. The molecule has 19 heavy (non-hydrogen) atoms. The van der Waals surface area contributed by atoms with Gasteiger partial charge in [-0.2, -0.15) is 0 Å². The van der Waals surface area contributed by atoms with Crippen LogP contribution in [0.4, 0.5) is 4.39 Å². The molecule has 1 saturated heterocycles. The van der Waals surface area contributed by atoms with Crippen molar-refractivity contribution in [2.24, 2.45) is 5.92 Å². The van der Waals surface area contributed by atoms with Crippen molar-refractivity contribution in [1.29, 1.82) is 0 Å². The summed E-state index contributed by atoms with van der Waals surface area (Å²) in [6.07, 6.45) is 0.663. The van der Waals surface area contributed by atoms with Gasteiger partial charge in [0.15, 0.2) is 11.6 Å². The van der Waals surface area contributed by atoms with E-state index in [-0.39, 0.29) is 23.5 Å². The molecule has 0 radical (unpaired) electrons. The van der Waals surface area contributed by atoms with Gasteiger partial charge in [-0.05, 0) is 32.0 Å². The Bertz CT molecular complexity index is 452. The summed E-state index contributed by atoms with van der Waals surface area (Å²) in [7, 11) is 0. The van der Waals surface area contributed by atoms with Crippen LogP contribution in [0.2, 0.25) is 0 Å². The molecule has 0 aromatic heterocycles. The normalized spacial score (nSPS) is 23.5. The van der Waals surface area contributed by atoms with Crippen molar-refractivity contribution in [3.05, 3.63) is 30.1 Å². The van der Waals surface area contributed by atoms with Gasteiger partial charge in [0.2, 0.25) is 0 Å². The zero-order valence-electron chi connectivity index (χ0n) is 10.9. The number of rotatable bonds is 5. The summed E-state index contributed by atoms with van der Waals surface area (Å²) >= 11 is 0. The highest BCUT2D eigenvalue weighted by atomic mass is 19.1. The number of benzene rings is 1. The van der Waals surface area contributed by atoms with Gasteiger partial charge in [-0.3, -0.25) is 9.69 Å². The molecule has 2 atom stereocenters. The molecule has 1 aromatic rings. The fraction of sp³-hybridized carbons (Fsp3) is 0.500. The van der Waals surface area contributed by atoms with Crippen LogP contribution in [-0.4, -0.2) is 41.7 Å². The minimum Gasteiger partial charge on any atom is -0.489 e. The molecule has 1 fully saturated rings. The van der Waals surface area contributed by atoms with E-state index in [0.29, 0.717) is 19.6 Å². The third-order valence-electron chi connectivity index (χ3n) is 3.68. The largest absolute Gasteiger partial charge is 0.489 e. The SMILES string of the molecule is CC1C(C(=O)O)CCN1CCOc1ccccc1F. The van der Waals surface area contributed by atoms with Crippen molar-refractivity contribution < 1.29 is 19.0 Å². The molecule has 1 N–H and O–H groups in total. The summed E-state index contributed by atoms with van der Waals surface area (Å²) in [4.78, 5) is 13.1. The molecule has 1 aliphatic heterocycles. The van der Waals surface area contributed by atoms with E-state index >= 15 is 0 Å². The molecule has 5 heteroatoms. The number of carboxylic acid groups (broad SMARTS) is 1. The van der Waals surface area contributed by atoms with Crippen LogP contribution in [0, 0.1) is 11.7 Å². The molecule has 1 aliphatic rings. The number of para-hydroxylation sites is 1. The first-order valence-corrected chi connectivity index (χ1v) is 6.44. The van der Waals surface area contributed by atoms with E-state index in [9.17, 15) is 9.18 Å². The summed E-state index contributed by atoms with van der Waals surface area (Å²) in [5, 5.41) is 9.03. The van der Waals surface area contributed by atoms with E-state index in [1.807, 2.05) is 6.92 Å². The summed E-state index contributed by atoms with van der Waals surface area (Å²) in [6, 6.07) is 6.28. The number of hydrogen-bond acceptors (Lipinski definition) is 3. The van der Waals surface area contributed by atoms with Gasteiger partial charge in [0.1, 0.15) is 6.61 Å². The molecule has 4 nitrogen and oxygen atoms in total. The number of hydrogen-bond donors (Lipinski definition) is 1. The molecule has 0 bridgehead atoms. The summed E-state index contributed by atoms with van der Waals surface area (Å²) in [5.41, 5.74) is 0. The lowest BCUT2D eigenvalue weighted by Gasteiger charge is -2.22. The summed E-state index contributed by atoms with van der Waals surface area (Å²) < 4.78 is 18.7. The van der Waals surface area contributed by atoms with E-state index in [1.165, 1.54) is 6.07 Å². The third kappa shape index (κ3) is 3.23. The van der Waals surface area contributed by atoms with E-state index in [2.05, 4.69) is 4.90 Å². The highest BCUT2D eigenvalue weighted by Crippen LogP contribution is 2.24. The molecule has 1 heterocycles. The highest BCUT2D eigenvalue weighted by molar-refractivity contribution is 5.71. The Morgan fingerprint density at radius 1 is 1.53 bits per heavy atom. The van der Waals surface area contributed by atoms with Crippen LogP contribution in [0.25, 0.3) is 0 Å². The predicted octanol–water partition coefficient (Wildman–Crippen LogP) is 2.00. The quantitative estimate of drug-likeness (QED) is 0.886. The van der Waals surface area contributed by atoms with E-state index in [1.54, 1.807) is 18.2 Å².